The van der Waals surface area contributed by atoms with E-state index in [4.69, 9.17) is 0 Å². The number of benzene rings is 1. The van der Waals surface area contributed by atoms with Crippen LogP contribution in [0.4, 0.5) is 0 Å². The topological polar surface area (TPSA) is 21.1 Å². The monoisotopic (exact) mass is 383 g/mol. The fourth-order valence-electron chi connectivity index (χ4n) is 3.60. The number of pyridine rings is 1. The van der Waals surface area contributed by atoms with E-state index in [2.05, 4.69) is 73.0 Å². The van der Waals surface area contributed by atoms with E-state index in [-0.39, 0.29) is 0 Å². The minimum atomic E-state index is 0.867. The zero-order valence-corrected chi connectivity index (χ0v) is 15.4. The van der Waals surface area contributed by atoms with Gasteiger partial charge in [-0.1, -0.05) is 36.8 Å². The summed E-state index contributed by atoms with van der Waals surface area (Å²) in [5.74, 6) is 0. The molecule has 0 spiro atoms. The van der Waals surface area contributed by atoms with Crippen molar-refractivity contribution in [3.05, 3.63) is 64.4 Å². The van der Waals surface area contributed by atoms with Crippen molar-refractivity contribution in [2.75, 3.05) is 13.1 Å². The minimum absolute atomic E-state index is 0.867. The molecule has 1 aromatic carbocycles. The molecular weight excluding hydrogens is 362 g/mol. The molecule has 124 valence electrons. The summed E-state index contributed by atoms with van der Waals surface area (Å²) in [5, 5.41) is 1.27. The van der Waals surface area contributed by atoms with Crippen LogP contribution in [0.15, 0.2) is 53.3 Å². The average Bonchev–Trinajstić information content (AvgIpc) is 2.93. The molecule has 1 saturated heterocycles. The van der Waals surface area contributed by atoms with Crippen LogP contribution in [0.25, 0.3) is 11.0 Å². The average molecular weight is 384 g/mol. The van der Waals surface area contributed by atoms with Crippen molar-refractivity contribution in [2.45, 2.75) is 32.4 Å². The predicted molar refractivity (Wildman–Crippen MR) is 102 cm³/mol. The van der Waals surface area contributed by atoms with Crippen molar-refractivity contribution in [1.82, 2.24) is 14.5 Å². The first kappa shape index (κ1) is 15.9. The zero-order valence-electron chi connectivity index (χ0n) is 13.8. The molecule has 3 nitrogen and oxygen atoms in total. The van der Waals surface area contributed by atoms with E-state index in [9.17, 15) is 0 Å². The standard InChI is InChI=1S/C20H22BrN3/c21-18-11-19-17(14-23-9-5-2-6-10-23)15-24(20(19)22-12-18)13-16-7-3-1-4-8-16/h1,3-4,7-8,11-12,15H,2,5-6,9-10,13-14H2. The van der Waals surface area contributed by atoms with Crippen LogP contribution < -0.4 is 0 Å². The van der Waals surface area contributed by atoms with E-state index < -0.39 is 0 Å². The van der Waals surface area contributed by atoms with Crippen LogP contribution in [0.1, 0.15) is 30.4 Å². The second-order valence-corrected chi connectivity index (χ2v) is 7.55. The normalized spacial score (nSPS) is 15.9. The van der Waals surface area contributed by atoms with Crippen LogP contribution in [0, 0.1) is 0 Å². The summed E-state index contributed by atoms with van der Waals surface area (Å²) in [6.07, 6.45) is 8.22. The summed E-state index contributed by atoms with van der Waals surface area (Å²) in [6, 6.07) is 12.8. The summed E-state index contributed by atoms with van der Waals surface area (Å²) >= 11 is 3.58. The Labute approximate surface area is 151 Å². The molecule has 0 saturated carbocycles. The predicted octanol–water partition coefficient (Wildman–Crippen LogP) is 4.83. The van der Waals surface area contributed by atoms with Gasteiger partial charge in [0, 0.05) is 35.3 Å². The maximum atomic E-state index is 4.69. The quantitative estimate of drug-likeness (QED) is 0.642. The number of hydrogen-bond donors (Lipinski definition) is 0. The summed E-state index contributed by atoms with van der Waals surface area (Å²) < 4.78 is 3.34. The van der Waals surface area contributed by atoms with Crippen molar-refractivity contribution in [2.24, 2.45) is 0 Å². The highest BCUT2D eigenvalue weighted by molar-refractivity contribution is 9.10. The molecular formula is C20H22BrN3. The number of piperidine rings is 1. The van der Waals surface area contributed by atoms with Crippen molar-refractivity contribution < 1.29 is 0 Å². The van der Waals surface area contributed by atoms with E-state index in [1.54, 1.807) is 0 Å². The lowest BCUT2D eigenvalue weighted by Gasteiger charge is -2.26. The highest BCUT2D eigenvalue weighted by Crippen LogP contribution is 2.26. The molecule has 3 aromatic rings. The van der Waals surface area contributed by atoms with Gasteiger partial charge in [0.1, 0.15) is 5.65 Å². The molecule has 1 aliphatic rings. The Bertz CT molecular complexity index is 820. The third kappa shape index (κ3) is 3.40. The van der Waals surface area contributed by atoms with E-state index >= 15 is 0 Å². The van der Waals surface area contributed by atoms with Gasteiger partial charge in [0.05, 0.1) is 0 Å². The lowest BCUT2D eigenvalue weighted by molar-refractivity contribution is 0.221. The number of halogens is 1. The molecule has 2 aromatic heterocycles. The highest BCUT2D eigenvalue weighted by Gasteiger charge is 2.16. The Hall–Kier alpha value is -1.65. The summed E-state index contributed by atoms with van der Waals surface area (Å²) in [6.45, 7) is 4.32. The third-order valence-electron chi connectivity index (χ3n) is 4.80. The first-order valence-corrected chi connectivity index (χ1v) is 9.48. The molecule has 0 amide bonds. The van der Waals surface area contributed by atoms with Gasteiger partial charge in [-0.3, -0.25) is 4.90 Å². The van der Waals surface area contributed by atoms with Crippen LogP contribution in [0.2, 0.25) is 0 Å². The van der Waals surface area contributed by atoms with Gasteiger partial charge in [0.15, 0.2) is 0 Å². The Balaban J connectivity index is 1.69. The van der Waals surface area contributed by atoms with Gasteiger partial charge in [-0.15, -0.1) is 0 Å². The van der Waals surface area contributed by atoms with Gasteiger partial charge < -0.3 is 4.57 Å². The molecule has 0 aliphatic carbocycles. The number of fused-ring (bicyclic) bond motifs is 1. The molecule has 4 rings (SSSR count). The van der Waals surface area contributed by atoms with Crippen LogP contribution >= 0.6 is 15.9 Å². The van der Waals surface area contributed by atoms with E-state index in [1.807, 2.05) is 6.20 Å². The Morgan fingerprint density at radius 3 is 2.58 bits per heavy atom. The molecule has 3 heterocycles. The van der Waals surface area contributed by atoms with Crippen molar-refractivity contribution in [1.29, 1.82) is 0 Å². The second kappa shape index (κ2) is 7.08. The number of likely N-dealkylation sites (tertiary alicyclic amines) is 1. The molecule has 24 heavy (non-hydrogen) atoms. The minimum Gasteiger partial charge on any atom is -0.328 e. The maximum Gasteiger partial charge on any atom is 0.140 e. The van der Waals surface area contributed by atoms with Gasteiger partial charge in [0.2, 0.25) is 0 Å². The highest BCUT2D eigenvalue weighted by atomic mass is 79.9. The molecule has 4 heteroatoms. The smallest absolute Gasteiger partial charge is 0.140 e. The number of nitrogens with zero attached hydrogens (tertiary/aromatic N) is 3. The third-order valence-corrected chi connectivity index (χ3v) is 5.24. The SMILES string of the molecule is Brc1cnc2c(c1)c(CN1CCCCC1)cn2Cc1ccccc1. The molecule has 0 unspecified atom stereocenters. The molecule has 1 aliphatic heterocycles. The number of aromatic nitrogens is 2. The Morgan fingerprint density at radius 1 is 1.00 bits per heavy atom. The number of rotatable bonds is 4. The first-order chi connectivity index (χ1) is 11.8. The van der Waals surface area contributed by atoms with Crippen LogP contribution in [0.3, 0.4) is 0 Å². The Morgan fingerprint density at radius 2 is 1.79 bits per heavy atom. The molecule has 1 fully saturated rings. The fraction of sp³-hybridized carbons (Fsp3) is 0.350. The van der Waals surface area contributed by atoms with Gasteiger partial charge in [-0.05, 0) is 59.1 Å². The summed E-state index contributed by atoms with van der Waals surface area (Å²) in [5.41, 5.74) is 3.77. The molecule has 0 atom stereocenters. The van der Waals surface area contributed by atoms with E-state index in [1.165, 1.54) is 48.9 Å². The van der Waals surface area contributed by atoms with E-state index in [0.29, 0.717) is 0 Å². The van der Waals surface area contributed by atoms with Crippen molar-refractivity contribution >= 4 is 27.0 Å². The largest absolute Gasteiger partial charge is 0.328 e. The second-order valence-electron chi connectivity index (χ2n) is 6.63. The molecule has 0 radical (unpaired) electrons. The molecule has 0 bridgehead atoms. The van der Waals surface area contributed by atoms with Gasteiger partial charge >= 0.3 is 0 Å². The van der Waals surface area contributed by atoms with Gasteiger partial charge in [0.25, 0.3) is 0 Å². The van der Waals surface area contributed by atoms with Gasteiger partial charge in [-0.25, -0.2) is 4.98 Å². The van der Waals surface area contributed by atoms with Crippen molar-refractivity contribution in [3.63, 3.8) is 0 Å². The van der Waals surface area contributed by atoms with Crippen LogP contribution in [-0.2, 0) is 13.1 Å². The lowest BCUT2D eigenvalue weighted by Crippen LogP contribution is -2.28. The zero-order chi connectivity index (χ0) is 16.4. The summed E-state index contributed by atoms with van der Waals surface area (Å²) in [7, 11) is 0. The van der Waals surface area contributed by atoms with E-state index in [0.717, 1.165) is 23.2 Å². The van der Waals surface area contributed by atoms with Crippen LogP contribution in [0.5, 0.6) is 0 Å². The van der Waals surface area contributed by atoms with Gasteiger partial charge in [-0.2, -0.15) is 0 Å². The first-order valence-electron chi connectivity index (χ1n) is 8.69. The number of hydrogen-bond acceptors (Lipinski definition) is 2. The van der Waals surface area contributed by atoms with Crippen molar-refractivity contribution in [3.8, 4) is 0 Å². The Kier molecular flexibility index (Phi) is 4.67. The molecule has 0 N–H and O–H groups in total. The summed E-state index contributed by atoms with van der Waals surface area (Å²) in [4.78, 5) is 7.26. The maximum absolute atomic E-state index is 4.69. The fourth-order valence-corrected chi connectivity index (χ4v) is 3.93. The van der Waals surface area contributed by atoms with Crippen LogP contribution in [-0.4, -0.2) is 27.5 Å². The lowest BCUT2D eigenvalue weighted by atomic mass is 10.1.